The van der Waals surface area contributed by atoms with Gasteiger partial charge in [-0.25, -0.2) is 0 Å². The summed E-state index contributed by atoms with van der Waals surface area (Å²) < 4.78 is 0. The lowest BCUT2D eigenvalue weighted by Gasteiger charge is -2.06. The first-order valence-electron chi connectivity index (χ1n) is 3.87. The van der Waals surface area contributed by atoms with Gasteiger partial charge in [-0.2, -0.15) is 0 Å². The summed E-state index contributed by atoms with van der Waals surface area (Å²) in [5.41, 5.74) is 1.18. The normalized spacial score (nSPS) is 12.9. The standard InChI is InChI=1S/C10H12Cl/c1-2-6-10(11)9-7-4-3-5-8-9/h3-8,10H,2H2,1H3. The van der Waals surface area contributed by atoms with Gasteiger partial charge in [0.25, 0.3) is 0 Å². The number of halogens is 1. The number of hydrogen-bond donors (Lipinski definition) is 0. The van der Waals surface area contributed by atoms with Crippen LogP contribution in [0.25, 0.3) is 0 Å². The minimum atomic E-state index is 0.0706. The quantitative estimate of drug-likeness (QED) is 0.604. The van der Waals surface area contributed by atoms with Gasteiger partial charge in [0.15, 0.2) is 0 Å². The van der Waals surface area contributed by atoms with E-state index in [1.54, 1.807) is 0 Å². The topological polar surface area (TPSA) is 0 Å². The van der Waals surface area contributed by atoms with Crippen LogP contribution >= 0.6 is 11.6 Å². The molecule has 0 bridgehead atoms. The van der Waals surface area contributed by atoms with E-state index in [0.717, 1.165) is 6.42 Å². The summed E-state index contributed by atoms with van der Waals surface area (Å²) in [4.78, 5) is 0. The zero-order chi connectivity index (χ0) is 8.10. The van der Waals surface area contributed by atoms with Crippen LogP contribution in [0.2, 0.25) is 0 Å². The molecule has 0 saturated heterocycles. The third-order valence-electron chi connectivity index (χ3n) is 1.56. The van der Waals surface area contributed by atoms with Crippen molar-refractivity contribution in [2.24, 2.45) is 0 Å². The van der Waals surface area contributed by atoms with Gasteiger partial charge in [-0.3, -0.25) is 0 Å². The third-order valence-corrected chi connectivity index (χ3v) is 1.99. The van der Waals surface area contributed by atoms with Crippen molar-refractivity contribution < 1.29 is 0 Å². The van der Waals surface area contributed by atoms with Gasteiger partial charge in [-0.1, -0.05) is 43.7 Å². The third kappa shape index (κ3) is 2.55. The fourth-order valence-corrected chi connectivity index (χ4v) is 1.30. The van der Waals surface area contributed by atoms with Gasteiger partial charge in [0, 0.05) is 0 Å². The van der Waals surface area contributed by atoms with Crippen LogP contribution in [-0.2, 0) is 0 Å². The molecule has 0 saturated carbocycles. The van der Waals surface area contributed by atoms with E-state index in [1.165, 1.54) is 5.56 Å². The Kier molecular flexibility index (Phi) is 3.44. The van der Waals surface area contributed by atoms with Gasteiger partial charge in [0.1, 0.15) is 0 Å². The summed E-state index contributed by atoms with van der Waals surface area (Å²) in [6.45, 7) is 2.10. The predicted octanol–water partition coefficient (Wildman–Crippen LogP) is 3.58. The monoisotopic (exact) mass is 167 g/mol. The minimum Gasteiger partial charge on any atom is -0.118 e. The van der Waals surface area contributed by atoms with E-state index in [0.29, 0.717) is 0 Å². The molecule has 1 heteroatoms. The van der Waals surface area contributed by atoms with Crippen LogP contribution in [0.15, 0.2) is 30.3 Å². The highest BCUT2D eigenvalue weighted by Gasteiger charge is 2.04. The second kappa shape index (κ2) is 4.40. The fraction of sp³-hybridized carbons (Fsp3) is 0.300. The van der Waals surface area contributed by atoms with E-state index < -0.39 is 0 Å². The van der Waals surface area contributed by atoms with Crippen molar-refractivity contribution in [2.45, 2.75) is 18.7 Å². The summed E-state index contributed by atoms with van der Waals surface area (Å²) in [5.74, 6) is 0. The molecule has 0 aliphatic carbocycles. The van der Waals surface area contributed by atoms with Crippen LogP contribution in [0.4, 0.5) is 0 Å². The molecule has 0 spiro atoms. The van der Waals surface area contributed by atoms with Gasteiger partial charge in [0.2, 0.25) is 0 Å². The van der Waals surface area contributed by atoms with Crippen molar-refractivity contribution in [1.29, 1.82) is 0 Å². The Morgan fingerprint density at radius 2 is 2.00 bits per heavy atom. The lowest BCUT2D eigenvalue weighted by atomic mass is 10.1. The highest BCUT2D eigenvalue weighted by Crippen LogP contribution is 2.23. The SMILES string of the molecule is CC[CH]C(Cl)c1ccccc1. The molecule has 0 nitrogen and oxygen atoms in total. The molecule has 11 heavy (non-hydrogen) atoms. The van der Waals surface area contributed by atoms with E-state index in [-0.39, 0.29) is 5.38 Å². The maximum atomic E-state index is 6.05. The van der Waals surface area contributed by atoms with E-state index in [2.05, 4.69) is 13.3 Å². The number of benzene rings is 1. The average Bonchev–Trinajstić information content (AvgIpc) is 2.07. The highest BCUT2D eigenvalue weighted by atomic mass is 35.5. The molecule has 0 aliphatic rings. The lowest BCUT2D eigenvalue weighted by molar-refractivity contribution is 0.970. The van der Waals surface area contributed by atoms with E-state index in [1.807, 2.05) is 30.3 Å². The van der Waals surface area contributed by atoms with Crippen molar-refractivity contribution in [3.8, 4) is 0 Å². The zero-order valence-electron chi connectivity index (χ0n) is 6.63. The summed E-state index contributed by atoms with van der Waals surface area (Å²) in [5, 5.41) is 0.0706. The summed E-state index contributed by atoms with van der Waals surface area (Å²) in [6, 6.07) is 10.1. The molecule has 59 valence electrons. The van der Waals surface area contributed by atoms with E-state index >= 15 is 0 Å². The van der Waals surface area contributed by atoms with Crippen LogP contribution in [0.5, 0.6) is 0 Å². The molecular formula is C10H12Cl. The van der Waals surface area contributed by atoms with Crippen molar-refractivity contribution in [2.75, 3.05) is 0 Å². The molecule has 0 aromatic heterocycles. The number of hydrogen-bond acceptors (Lipinski definition) is 0. The van der Waals surface area contributed by atoms with Gasteiger partial charge in [-0.05, 0) is 12.0 Å². The van der Waals surface area contributed by atoms with Crippen LogP contribution in [0, 0.1) is 6.42 Å². The largest absolute Gasteiger partial charge is 0.118 e. The molecule has 1 rings (SSSR count). The van der Waals surface area contributed by atoms with E-state index in [4.69, 9.17) is 11.6 Å². The molecular weight excluding hydrogens is 156 g/mol. The Hall–Kier alpha value is -0.490. The Bertz CT molecular complexity index is 193. The molecule has 1 aromatic carbocycles. The lowest BCUT2D eigenvalue weighted by Crippen LogP contribution is -1.88. The van der Waals surface area contributed by atoms with Gasteiger partial charge >= 0.3 is 0 Å². The van der Waals surface area contributed by atoms with E-state index in [9.17, 15) is 0 Å². The second-order valence-corrected chi connectivity index (χ2v) is 2.93. The van der Waals surface area contributed by atoms with Gasteiger partial charge in [0.05, 0.1) is 5.38 Å². The fourth-order valence-electron chi connectivity index (χ4n) is 0.980. The maximum absolute atomic E-state index is 6.05. The zero-order valence-corrected chi connectivity index (χ0v) is 7.38. The average molecular weight is 168 g/mol. The first-order valence-corrected chi connectivity index (χ1v) is 4.30. The smallest absolute Gasteiger partial charge is 0.0616 e. The Balaban J connectivity index is 2.61. The first kappa shape index (κ1) is 8.61. The van der Waals surface area contributed by atoms with Crippen molar-refractivity contribution >= 4 is 11.6 Å². The minimum absolute atomic E-state index is 0.0706. The molecule has 1 atom stereocenters. The summed E-state index contributed by atoms with van der Waals surface area (Å²) >= 11 is 6.05. The van der Waals surface area contributed by atoms with Crippen molar-refractivity contribution in [1.82, 2.24) is 0 Å². The van der Waals surface area contributed by atoms with Gasteiger partial charge in [-0.15, -0.1) is 11.6 Å². The molecule has 0 N–H and O–H groups in total. The molecule has 1 unspecified atom stereocenters. The molecule has 0 fully saturated rings. The number of rotatable bonds is 3. The Morgan fingerprint density at radius 1 is 1.36 bits per heavy atom. The molecule has 1 radical (unpaired) electrons. The van der Waals surface area contributed by atoms with Crippen LogP contribution < -0.4 is 0 Å². The van der Waals surface area contributed by atoms with Crippen LogP contribution in [0.3, 0.4) is 0 Å². The van der Waals surface area contributed by atoms with Gasteiger partial charge < -0.3 is 0 Å². The highest BCUT2D eigenvalue weighted by molar-refractivity contribution is 6.21. The second-order valence-electron chi connectivity index (χ2n) is 2.46. The molecule has 1 aromatic rings. The molecule has 0 aliphatic heterocycles. The van der Waals surface area contributed by atoms with Crippen LogP contribution in [0.1, 0.15) is 24.3 Å². The first-order chi connectivity index (χ1) is 5.34. The summed E-state index contributed by atoms with van der Waals surface area (Å²) in [6.07, 6.45) is 3.11. The Labute approximate surface area is 73.2 Å². The van der Waals surface area contributed by atoms with Crippen molar-refractivity contribution in [3.05, 3.63) is 42.3 Å². The molecule has 0 heterocycles. The maximum Gasteiger partial charge on any atom is 0.0616 e. The van der Waals surface area contributed by atoms with Crippen LogP contribution in [-0.4, -0.2) is 0 Å². The number of alkyl halides is 1. The molecule has 0 amide bonds. The summed E-state index contributed by atoms with van der Waals surface area (Å²) in [7, 11) is 0. The predicted molar refractivity (Wildman–Crippen MR) is 49.6 cm³/mol. The van der Waals surface area contributed by atoms with Crippen molar-refractivity contribution in [3.63, 3.8) is 0 Å². The Morgan fingerprint density at radius 3 is 2.55 bits per heavy atom.